The summed E-state index contributed by atoms with van der Waals surface area (Å²) in [5, 5.41) is 3.97. The normalized spacial score (nSPS) is 12.2. The average molecular weight is 279 g/mol. The molecule has 0 aliphatic carbocycles. The highest BCUT2D eigenvalue weighted by molar-refractivity contribution is 5.96. The van der Waals surface area contributed by atoms with E-state index < -0.39 is 6.04 Å². The topological polar surface area (TPSA) is 70.9 Å². The van der Waals surface area contributed by atoms with Crippen LogP contribution in [0.2, 0.25) is 0 Å². The van der Waals surface area contributed by atoms with Gasteiger partial charge in [-0.15, -0.1) is 0 Å². The van der Waals surface area contributed by atoms with Crippen LogP contribution in [0.5, 0.6) is 0 Å². The van der Waals surface area contributed by atoms with E-state index in [1.807, 2.05) is 60.8 Å². The smallest absolute Gasteiger partial charge is 0.241 e. The number of fused-ring (bicyclic) bond motifs is 1. The number of amides is 1. The van der Waals surface area contributed by atoms with E-state index in [1.165, 1.54) is 0 Å². The Morgan fingerprint density at radius 2 is 1.95 bits per heavy atom. The number of H-pyrrole nitrogens is 1. The van der Waals surface area contributed by atoms with Gasteiger partial charge < -0.3 is 16.0 Å². The fourth-order valence-electron chi connectivity index (χ4n) is 2.32. The van der Waals surface area contributed by atoms with Crippen LogP contribution in [0.4, 0.5) is 5.69 Å². The van der Waals surface area contributed by atoms with Crippen LogP contribution >= 0.6 is 0 Å². The summed E-state index contributed by atoms with van der Waals surface area (Å²) in [5.41, 5.74) is 8.76. The molecule has 4 nitrogen and oxygen atoms in total. The number of benzene rings is 2. The van der Waals surface area contributed by atoms with Crippen LogP contribution in [0.25, 0.3) is 10.9 Å². The van der Waals surface area contributed by atoms with Gasteiger partial charge in [0.05, 0.1) is 6.04 Å². The van der Waals surface area contributed by atoms with E-state index >= 15 is 0 Å². The van der Waals surface area contributed by atoms with Crippen molar-refractivity contribution in [1.29, 1.82) is 0 Å². The summed E-state index contributed by atoms with van der Waals surface area (Å²) >= 11 is 0. The molecule has 1 atom stereocenters. The molecule has 1 unspecified atom stereocenters. The number of aromatic nitrogens is 1. The summed E-state index contributed by atoms with van der Waals surface area (Å²) in [7, 11) is 0. The largest absolute Gasteiger partial charge is 0.361 e. The minimum absolute atomic E-state index is 0.176. The number of aromatic amines is 1. The van der Waals surface area contributed by atoms with Crippen molar-refractivity contribution in [3.05, 3.63) is 66.4 Å². The van der Waals surface area contributed by atoms with Crippen LogP contribution in [-0.4, -0.2) is 16.9 Å². The third-order valence-corrected chi connectivity index (χ3v) is 3.46. The van der Waals surface area contributed by atoms with Gasteiger partial charge in [-0.3, -0.25) is 4.79 Å². The average Bonchev–Trinajstić information content (AvgIpc) is 2.95. The summed E-state index contributed by atoms with van der Waals surface area (Å²) < 4.78 is 0. The lowest BCUT2D eigenvalue weighted by molar-refractivity contribution is -0.117. The second-order valence-electron chi connectivity index (χ2n) is 5.07. The molecule has 1 aromatic heterocycles. The minimum Gasteiger partial charge on any atom is -0.361 e. The molecule has 4 heteroatoms. The van der Waals surface area contributed by atoms with Gasteiger partial charge in [0, 0.05) is 17.4 Å². The Hall–Kier alpha value is -2.59. The van der Waals surface area contributed by atoms with Crippen LogP contribution in [-0.2, 0) is 11.2 Å². The number of carbonyl (C=O) groups excluding carboxylic acids is 1. The van der Waals surface area contributed by atoms with Crippen LogP contribution in [0.3, 0.4) is 0 Å². The highest BCUT2D eigenvalue weighted by Crippen LogP contribution is 2.17. The van der Waals surface area contributed by atoms with E-state index in [0.29, 0.717) is 6.42 Å². The molecule has 3 aromatic rings. The Morgan fingerprint density at radius 1 is 1.14 bits per heavy atom. The SMILES string of the molecule is NC(Cc1ccccc1)C(=O)Nc1ccc2cc[nH]c2c1. The van der Waals surface area contributed by atoms with E-state index in [-0.39, 0.29) is 5.91 Å². The highest BCUT2D eigenvalue weighted by atomic mass is 16.2. The van der Waals surface area contributed by atoms with Gasteiger partial charge >= 0.3 is 0 Å². The number of hydrogen-bond donors (Lipinski definition) is 3. The van der Waals surface area contributed by atoms with Gasteiger partial charge in [0.25, 0.3) is 0 Å². The standard InChI is InChI=1S/C17H17N3O/c18-15(10-12-4-2-1-3-5-12)17(21)20-14-7-6-13-8-9-19-16(13)11-14/h1-9,11,15,19H,10,18H2,(H,20,21). The van der Waals surface area contributed by atoms with Crippen molar-refractivity contribution >= 4 is 22.5 Å². The first-order valence-electron chi connectivity index (χ1n) is 6.90. The summed E-state index contributed by atoms with van der Waals surface area (Å²) in [6.45, 7) is 0. The van der Waals surface area contributed by atoms with Gasteiger partial charge in [-0.05, 0) is 35.6 Å². The first kappa shape index (κ1) is 13.4. The quantitative estimate of drug-likeness (QED) is 0.687. The van der Waals surface area contributed by atoms with E-state index in [9.17, 15) is 4.79 Å². The Balaban J connectivity index is 1.67. The molecule has 21 heavy (non-hydrogen) atoms. The molecule has 0 bridgehead atoms. The Kier molecular flexibility index (Phi) is 3.71. The van der Waals surface area contributed by atoms with Crippen LogP contribution < -0.4 is 11.1 Å². The van der Waals surface area contributed by atoms with Crippen molar-refractivity contribution in [3.63, 3.8) is 0 Å². The number of carbonyl (C=O) groups is 1. The highest BCUT2D eigenvalue weighted by Gasteiger charge is 2.14. The zero-order valence-electron chi connectivity index (χ0n) is 11.5. The summed E-state index contributed by atoms with van der Waals surface area (Å²) in [4.78, 5) is 15.3. The first-order valence-corrected chi connectivity index (χ1v) is 6.90. The van der Waals surface area contributed by atoms with Crippen LogP contribution in [0.1, 0.15) is 5.56 Å². The van der Waals surface area contributed by atoms with Crippen LogP contribution in [0.15, 0.2) is 60.8 Å². The van der Waals surface area contributed by atoms with Gasteiger partial charge in [0.15, 0.2) is 0 Å². The van der Waals surface area contributed by atoms with Crippen molar-refractivity contribution in [2.24, 2.45) is 5.73 Å². The Labute approximate surface area is 123 Å². The van der Waals surface area contributed by atoms with Crippen molar-refractivity contribution in [3.8, 4) is 0 Å². The van der Waals surface area contributed by atoms with E-state index in [4.69, 9.17) is 5.73 Å². The maximum Gasteiger partial charge on any atom is 0.241 e. The summed E-state index contributed by atoms with van der Waals surface area (Å²) in [5.74, 6) is -0.176. The van der Waals surface area contributed by atoms with E-state index in [2.05, 4.69) is 10.3 Å². The molecule has 1 heterocycles. The number of rotatable bonds is 4. The third-order valence-electron chi connectivity index (χ3n) is 3.46. The number of anilines is 1. The summed E-state index contributed by atoms with van der Waals surface area (Å²) in [6, 6.07) is 16.9. The monoisotopic (exact) mass is 279 g/mol. The minimum atomic E-state index is -0.563. The zero-order chi connectivity index (χ0) is 14.7. The van der Waals surface area contributed by atoms with Gasteiger partial charge in [-0.2, -0.15) is 0 Å². The molecule has 0 saturated carbocycles. The van der Waals surface area contributed by atoms with Crippen molar-refractivity contribution < 1.29 is 4.79 Å². The molecule has 4 N–H and O–H groups in total. The molecular weight excluding hydrogens is 262 g/mol. The molecule has 106 valence electrons. The molecule has 1 amide bonds. The first-order chi connectivity index (χ1) is 10.2. The molecule has 0 saturated heterocycles. The zero-order valence-corrected chi connectivity index (χ0v) is 11.5. The van der Waals surface area contributed by atoms with Crippen LogP contribution in [0, 0.1) is 0 Å². The third kappa shape index (κ3) is 3.12. The van der Waals surface area contributed by atoms with Crippen molar-refractivity contribution in [1.82, 2.24) is 4.98 Å². The lowest BCUT2D eigenvalue weighted by Gasteiger charge is -2.12. The molecule has 0 spiro atoms. The second-order valence-corrected chi connectivity index (χ2v) is 5.07. The Morgan fingerprint density at radius 3 is 2.76 bits per heavy atom. The fourth-order valence-corrected chi connectivity index (χ4v) is 2.32. The molecular formula is C17H17N3O. The van der Waals surface area contributed by atoms with E-state index in [0.717, 1.165) is 22.2 Å². The van der Waals surface area contributed by atoms with Crippen molar-refractivity contribution in [2.75, 3.05) is 5.32 Å². The number of hydrogen-bond acceptors (Lipinski definition) is 2. The second kappa shape index (κ2) is 5.81. The molecule has 0 fully saturated rings. The maximum absolute atomic E-state index is 12.1. The predicted octanol–water partition coefficient (Wildman–Crippen LogP) is 2.68. The van der Waals surface area contributed by atoms with Crippen molar-refractivity contribution in [2.45, 2.75) is 12.5 Å². The fraction of sp³-hybridized carbons (Fsp3) is 0.118. The van der Waals surface area contributed by atoms with Gasteiger partial charge in [0.2, 0.25) is 5.91 Å². The molecule has 0 radical (unpaired) electrons. The van der Waals surface area contributed by atoms with Gasteiger partial charge in [-0.25, -0.2) is 0 Å². The molecule has 2 aromatic carbocycles. The Bertz CT molecular complexity index is 749. The maximum atomic E-state index is 12.1. The van der Waals surface area contributed by atoms with E-state index in [1.54, 1.807) is 0 Å². The lowest BCUT2D eigenvalue weighted by atomic mass is 10.1. The number of nitrogens with two attached hydrogens (primary N) is 1. The summed E-state index contributed by atoms with van der Waals surface area (Å²) in [6.07, 6.45) is 2.40. The lowest BCUT2D eigenvalue weighted by Crippen LogP contribution is -2.37. The molecule has 0 aliphatic rings. The number of nitrogens with one attached hydrogen (secondary N) is 2. The van der Waals surface area contributed by atoms with Gasteiger partial charge in [-0.1, -0.05) is 36.4 Å². The molecule has 0 aliphatic heterocycles. The molecule has 3 rings (SSSR count). The predicted molar refractivity (Wildman–Crippen MR) is 85.0 cm³/mol. The van der Waals surface area contributed by atoms with Gasteiger partial charge in [0.1, 0.15) is 0 Å².